The minimum Gasteiger partial charge on any atom is -0.497 e. The molecule has 0 aliphatic carbocycles. The molecule has 2 aromatic rings. The molecule has 0 atom stereocenters. The molecule has 0 spiro atoms. The van der Waals surface area contributed by atoms with Gasteiger partial charge in [-0.2, -0.15) is 5.10 Å². The average molecular weight is 189 g/mol. The van der Waals surface area contributed by atoms with Gasteiger partial charge in [-0.05, 0) is 12.1 Å². The van der Waals surface area contributed by atoms with Gasteiger partial charge in [-0.3, -0.25) is 5.10 Å². The molecule has 0 fully saturated rings. The second-order valence-electron chi connectivity index (χ2n) is 2.84. The summed E-state index contributed by atoms with van der Waals surface area (Å²) in [6, 6.07) is 7.73. The van der Waals surface area contributed by atoms with Gasteiger partial charge < -0.3 is 10.1 Å². The molecule has 4 heteroatoms. The molecule has 4 nitrogen and oxygen atoms in total. The normalized spacial score (nSPS) is 9.79. The molecule has 0 bridgehead atoms. The number of methoxy groups -OCH3 is 1. The Kier molecular flexibility index (Phi) is 2.36. The van der Waals surface area contributed by atoms with E-state index in [1.165, 1.54) is 0 Å². The van der Waals surface area contributed by atoms with Crippen molar-refractivity contribution >= 4 is 11.4 Å². The molecule has 0 saturated carbocycles. The number of nitrogens with zero attached hydrogens (tertiary/aromatic N) is 1. The van der Waals surface area contributed by atoms with Crippen molar-refractivity contribution in [2.24, 2.45) is 0 Å². The highest BCUT2D eigenvalue weighted by Crippen LogP contribution is 2.20. The molecule has 0 saturated heterocycles. The van der Waals surface area contributed by atoms with Crippen molar-refractivity contribution < 1.29 is 4.74 Å². The Morgan fingerprint density at radius 3 is 3.00 bits per heavy atom. The lowest BCUT2D eigenvalue weighted by atomic mass is 10.3. The van der Waals surface area contributed by atoms with E-state index in [1.54, 1.807) is 19.5 Å². The first-order chi connectivity index (χ1) is 6.88. The Labute approximate surface area is 81.9 Å². The van der Waals surface area contributed by atoms with Gasteiger partial charge in [-0.1, -0.05) is 6.07 Å². The van der Waals surface area contributed by atoms with Crippen LogP contribution in [0.1, 0.15) is 0 Å². The summed E-state index contributed by atoms with van der Waals surface area (Å²) >= 11 is 0. The van der Waals surface area contributed by atoms with Gasteiger partial charge in [-0.15, -0.1) is 0 Å². The van der Waals surface area contributed by atoms with Crippen LogP contribution in [0.3, 0.4) is 0 Å². The number of aromatic nitrogens is 2. The monoisotopic (exact) mass is 189 g/mol. The molecule has 14 heavy (non-hydrogen) atoms. The molecule has 0 aliphatic rings. The standard InChI is InChI=1S/C10H11N3O/c1-14-10-4-2-3-8(5-10)13-9-6-11-12-7-9/h2-7,13H,1H3,(H,11,12). The number of hydrogen-bond donors (Lipinski definition) is 2. The van der Waals surface area contributed by atoms with Gasteiger partial charge in [0.05, 0.1) is 19.0 Å². The van der Waals surface area contributed by atoms with Crippen LogP contribution in [-0.4, -0.2) is 17.3 Å². The van der Waals surface area contributed by atoms with Gasteiger partial charge in [0, 0.05) is 18.0 Å². The van der Waals surface area contributed by atoms with E-state index in [4.69, 9.17) is 4.74 Å². The minimum absolute atomic E-state index is 0.832. The Balaban J connectivity index is 2.17. The number of ether oxygens (including phenoxy) is 1. The lowest BCUT2D eigenvalue weighted by molar-refractivity contribution is 0.415. The van der Waals surface area contributed by atoms with Crippen LogP contribution in [-0.2, 0) is 0 Å². The number of anilines is 2. The van der Waals surface area contributed by atoms with Crippen LogP contribution in [0.4, 0.5) is 11.4 Å². The summed E-state index contributed by atoms with van der Waals surface area (Å²) in [7, 11) is 1.65. The van der Waals surface area contributed by atoms with Crippen molar-refractivity contribution in [1.82, 2.24) is 10.2 Å². The molecule has 0 unspecified atom stereocenters. The second kappa shape index (κ2) is 3.83. The van der Waals surface area contributed by atoms with Gasteiger partial charge in [0.2, 0.25) is 0 Å². The third-order valence-corrected chi connectivity index (χ3v) is 1.86. The molecule has 2 N–H and O–H groups in total. The quantitative estimate of drug-likeness (QED) is 0.777. The van der Waals surface area contributed by atoms with Gasteiger partial charge in [0.15, 0.2) is 0 Å². The van der Waals surface area contributed by atoms with E-state index in [9.17, 15) is 0 Å². The van der Waals surface area contributed by atoms with Crippen molar-refractivity contribution in [2.45, 2.75) is 0 Å². The van der Waals surface area contributed by atoms with Crippen LogP contribution in [0.25, 0.3) is 0 Å². The summed E-state index contributed by atoms with van der Waals surface area (Å²) in [5.41, 5.74) is 1.91. The zero-order chi connectivity index (χ0) is 9.80. The zero-order valence-corrected chi connectivity index (χ0v) is 7.82. The van der Waals surface area contributed by atoms with Crippen molar-refractivity contribution in [3.8, 4) is 5.75 Å². The van der Waals surface area contributed by atoms with Crippen molar-refractivity contribution in [1.29, 1.82) is 0 Å². The maximum atomic E-state index is 5.11. The number of H-pyrrole nitrogens is 1. The minimum atomic E-state index is 0.832. The lowest BCUT2D eigenvalue weighted by Crippen LogP contribution is -1.89. The van der Waals surface area contributed by atoms with Gasteiger partial charge >= 0.3 is 0 Å². The van der Waals surface area contributed by atoms with E-state index in [2.05, 4.69) is 15.5 Å². The Hall–Kier alpha value is -1.97. The van der Waals surface area contributed by atoms with Crippen LogP contribution in [0.2, 0.25) is 0 Å². The van der Waals surface area contributed by atoms with E-state index in [0.717, 1.165) is 17.1 Å². The van der Waals surface area contributed by atoms with Crippen LogP contribution >= 0.6 is 0 Å². The first kappa shape index (κ1) is 8.62. The summed E-state index contributed by atoms with van der Waals surface area (Å²) in [6.45, 7) is 0. The predicted molar refractivity (Wildman–Crippen MR) is 54.9 cm³/mol. The van der Waals surface area contributed by atoms with Crippen LogP contribution in [0.5, 0.6) is 5.75 Å². The van der Waals surface area contributed by atoms with Crippen LogP contribution < -0.4 is 10.1 Å². The van der Waals surface area contributed by atoms with Crippen LogP contribution in [0.15, 0.2) is 36.7 Å². The molecule has 1 aromatic heterocycles. The molecule has 0 radical (unpaired) electrons. The number of rotatable bonds is 3. The molecule has 2 rings (SSSR count). The van der Waals surface area contributed by atoms with E-state index >= 15 is 0 Å². The fourth-order valence-electron chi connectivity index (χ4n) is 1.19. The third kappa shape index (κ3) is 1.85. The number of aromatic amines is 1. The van der Waals surface area contributed by atoms with Crippen molar-refractivity contribution in [3.63, 3.8) is 0 Å². The first-order valence-corrected chi connectivity index (χ1v) is 4.28. The van der Waals surface area contributed by atoms with Crippen LogP contribution in [0, 0.1) is 0 Å². The Bertz CT molecular complexity index is 398. The van der Waals surface area contributed by atoms with Gasteiger partial charge in [0.25, 0.3) is 0 Å². The molecule has 0 aliphatic heterocycles. The summed E-state index contributed by atoms with van der Waals surface area (Å²) in [4.78, 5) is 0. The smallest absolute Gasteiger partial charge is 0.120 e. The summed E-state index contributed by atoms with van der Waals surface area (Å²) < 4.78 is 5.11. The highest BCUT2D eigenvalue weighted by Gasteiger charge is 1.96. The molecule has 1 heterocycles. The summed E-state index contributed by atoms with van der Waals surface area (Å²) in [5, 5.41) is 9.76. The SMILES string of the molecule is COc1cccc(Nc2cn[nH]c2)c1. The zero-order valence-electron chi connectivity index (χ0n) is 7.82. The number of benzene rings is 1. The summed E-state index contributed by atoms with van der Waals surface area (Å²) in [6.07, 6.45) is 3.51. The number of hydrogen-bond acceptors (Lipinski definition) is 3. The van der Waals surface area contributed by atoms with E-state index in [1.807, 2.05) is 24.3 Å². The maximum absolute atomic E-state index is 5.11. The average Bonchev–Trinajstić information content (AvgIpc) is 2.71. The predicted octanol–water partition coefficient (Wildman–Crippen LogP) is 2.16. The fourth-order valence-corrected chi connectivity index (χ4v) is 1.19. The van der Waals surface area contributed by atoms with Crippen molar-refractivity contribution in [3.05, 3.63) is 36.7 Å². The molecular formula is C10H11N3O. The van der Waals surface area contributed by atoms with Gasteiger partial charge in [0.1, 0.15) is 5.75 Å². The first-order valence-electron chi connectivity index (χ1n) is 4.28. The topological polar surface area (TPSA) is 49.9 Å². The third-order valence-electron chi connectivity index (χ3n) is 1.86. The molecule has 1 aromatic carbocycles. The summed E-state index contributed by atoms with van der Waals surface area (Å²) in [5.74, 6) is 0.832. The highest BCUT2D eigenvalue weighted by atomic mass is 16.5. The molecule has 72 valence electrons. The van der Waals surface area contributed by atoms with Crippen molar-refractivity contribution in [2.75, 3.05) is 12.4 Å². The lowest BCUT2D eigenvalue weighted by Gasteiger charge is -2.05. The van der Waals surface area contributed by atoms with Gasteiger partial charge in [-0.25, -0.2) is 0 Å². The second-order valence-corrected chi connectivity index (χ2v) is 2.84. The highest BCUT2D eigenvalue weighted by molar-refractivity contribution is 5.59. The maximum Gasteiger partial charge on any atom is 0.120 e. The molecular weight excluding hydrogens is 178 g/mol. The Morgan fingerprint density at radius 2 is 2.29 bits per heavy atom. The van der Waals surface area contributed by atoms with E-state index in [-0.39, 0.29) is 0 Å². The number of nitrogens with one attached hydrogen (secondary N) is 2. The largest absolute Gasteiger partial charge is 0.497 e. The van der Waals surface area contributed by atoms with E-state index in [0.29, 0.717) is 0 Å². The van der Waals surface area contributed by atoms with E-state index < -0.39 is 0 Å². The Morgan fingerprint density at radius 1 is 1.36 bits per heavy atom. The molecule has 0 amide bonds. The fraction of sp³-hybridized carbons (Fsp3) is 0.100.